The topological polar surface area (TPSA) is 66.5 Å². The zero-order chi connectivity index (χ0) is 16.9. The van der Waals surface area contributed by atoms with Gasteiger partial charge in [-0.25, -0.2) is 13.1 Å². The summed E-state index contributed by atoms with van der Waals surface area (Å²) >= 11 is 0. The summed E-state index contributed by atoms with van der Waals surface area (Å²) in [5.41, 5.74) is 0.716. The van der Waals surface area contributed by atoms with Crippen LogP contribution in [0, 0.1) is 5.92 Å². The van der Waals surface area contributed by atoms with Gasteiger partial charge in [0.25, 0.3) is 0 Å². The third-order valence-electron chi connectivity index (χ3n) is 4.11. The van der Waals surface area contributed by atoms with Crippen LogP contribution in [-0.4, -0.2) is 38.4 Å². The van der Waals surface area contributed by atoms with Crippen LogP contribution >= 0.6 is 0 Å². The first-order valence-electron chi connectivity index (χ1n) is 8.22. The first-order chi connectivity index (χ1) is 10.9. The molecule has 1 aromatic carbocycles. The molecule has 0 bridgehead atoms. The summed E-state index contributed by atoms with van der Waals surface area (Å²) in [6, 6.07) is 8.32. The van der Waals surface area contributed by atoms with Crippen LogP contribution in [0.2, 0.25) is 0 Å². The average Bonchev–Trinajstić information content (AvgIpc) is 2.53. The highest BCUT2D eigenvalue weighted by atomic mass is 32.2. The third-order valence-corrected chi connectivity index (χ3v) is 5.43. The zero-order valence-corrected chi connectivity index (χ0v) is 14.7. The number of hydrogen-bond donors (Lipinski definition) is 1. The van der Waals surface area contributed by atoms with E-state index in [1.54, 1.807) is 17.0 Å². The van der Waals surface area contributed by atoms with Crippen molar-refractivity contribution in [1.82, 2.24) is 9.62 Å². The monoisotopic (exact) mass is 338 g/mol. The quantitative estimate of drug-likeness (QED) is 0.864. The summed E-state index contributed by atoms with van der Waals surface area (Å²) in [6.45, 7) is 5.19. The van der Waals surface area contributed by atoms with Crippen LogP contribution in [0.5, 0.6) is 0 Å². The zero-order valence-electron chi connectivity index (χ0n) is 13.9. The van der Waals surface area contributed by atoms with E-state index < -0.39 is 16.1 Å². The molecule has 0 aromatic heterocycles. The lowest BCUT2D eigenvalue weighted by molar-refractivity contribution is -0.134. The van der Waals surface area contributed by atoms with Crippen molar-refractivity contribution in [1.29, 1.82) is 0 Å². The summed E-state index contributed by atoms with van der Waals surface area (Å²) in [4.78, 5) is 14.5. The van der Waals surface area contributed by atoms with Gasteiger partial charge in [0.1, 0.15) is 6.04 Å². The molecule has 1 aliphatic heterocycles. The number of piperidine rings is 1. The highest BCUT2D eigenvalue weighted by Gasteiger charge is 2.31. The lowest BCUT2D eigenvalue weighted by Gasteiger charge is -2.32. The molecule has 1 aromatic rings. The minimum atomic E-state index is -3.56. The van der Waals surface area contributed by atoms with Gasteiger partial charge in [0.2, 0.25) is 15.9 Å². The molecule has 1 fully saturated rings. The summed E-state index contributed by atoms with van der Waals surface area (Å²) in [5.74, 6) is -0.295. The molecular formula is C17H26N2O3S. The van der Waals surface area contributed by atoms with Crippen molar-refractivity contribution < 1.29 is 13.2 Å². The first kappa shape index (κ1) is 17.9. The number of carbonyl (C=O) groups excluding carboxylic acids is 1. The van der Waals surface area contributed by atoms with Crippen molar-refractivity contribution >= 4 is 15.9 Å². The van der Waals surface area contributed by atoms with Crippen molar-refractivity contribution in [3.05, 3.63) is 35.9 Å². The number of nitrogens with zero attached hydrogens (tertiary/aromatic N) is 1. The predicted octanol–water partition coefficient (Wildman–Crippen LogP) is 2.14. The van der Waals surface area contributed by atoms with E-state index in [0.29, 0.717) is 5.56 Å². The van der Waals surface area contributed by atoms with Crippen molar-refractivity contribution in [2.24, 2.45) is 5.92 Å². The Labute approximate surface area is 139 Å². The van der Waals surface area contributed by atoms with Crippen molar-refractivity contribution in [3.63, 3.8) is 0 Å². The molecular weight excluding hydrogens is 312 g/mol. The summed E-state index contributed by atoms with van der Waals surface area (Å²) in [5, 5.41) is 0. The number of carbonyl (C=O) groups is 1. The Bertz CT molecular complexity index is 608. The van der Waals surface area contributed by atoms with Gasteiger partial charge in [-0.15, -0.1) is 0 Å². The molecule has 0 saturated carbocycles. The van der Waals surface area contributed by atoms with Crippen LogP contribution in [-0.2, 0) is 20.6 Å². The number of hydrogen-bond acceptors (Lipinski definition) is 3. The molecule has 128 valence electrons. The molecule has 1 amide bonds. The molecule has 5 nitrogen and oxygen atoms in total. The van der Waals surface area contributed by atoms with Crippen LogP contribution in [0.15, 0.2) is 30.3 Å². The van der Waals surface area contributed by atoms with E-state index in [9.17, 15) is 13.2 Å². The third kappa shape index (κ3) is 5.32. The number of likely N-dealkylation sites (tertiary alicyclic amines) is 1. The van der Waals surface area contributed by atoms with E-state index in [1.165, 1.54) is 0 Å². The van der Waals surface area contributed by atoms with Gasteiger partial charge in [0.15, 0.2) is 0 Å². The molecule has 0 aliphatic carbocycles. The van der Waals surface area contributed by atoms with E-state index >= 15 is 0 Å². The first-order valence-corrected chi connectivity index (χ1v) is 9.87. The van der Waals surface area contributed by atoms with Crippen LogP contribution in [0.3, 0.4) is 0 Å². The Morgan fingerprint density at radius 1 is 1.13 bits per heavy atom. The molecule has 1 heterocycles. The summed E-state index contributed by atoms with van der Waals surface area (Å²) in [6.07, 6.45) is 3.12. The number of sulfonamides is 1. The summed E-state index contributed by atoms with van der Waals surface area (Å²) < 4.78 is 27.5. The molecule has 2 rings (SSSR count). The molecule has 1 N–H and O–H groups in total. The van der Waals surface area contributed by atoms with E-state index in [-0.39, 0.29) is 17.6 Å². The predicted molar refractivity (Wildman–Crippen MR) is 91.3 cm³/mol. The smallest absolute Gasteiger partial charge is 0.241 e. The lowest BCUT2D eigenvalue weighted by atomic mass is 10.0. The molecule has 6 heteroatoms. The fraction of sp³-hybridized carbons (Fsp3) is 0.588. The van der Waals surface area contributed by atoms with Gasteiger partial charge in [-0.1, -0.05) is 44.2 Å². The van der Waals surface area contributed by atoms with Crippen molar-refractivity contribution in [3.8, 4) is 0 Å². The minimum absolute atomic E-state index is 0.0880. The van der Waals surface area contributed by atoms with Gasteiger partial charge in [-0.05, 0) is 30.7 Å². The van der Waals surface area contributed by atoms with Gasteiger partial charge in [-0.3, -0.25) is 4.79 Å². The Balaban J connectivity index is 2.07. The van der Waals surface area contributed by atoms with E-state index in [1.807, 2.05) is 32.0 Å². The average molecular weight is 338 g/mol. The maximum atomic E-state index is 12.7. The lowest BCUT2D eigenvalue weighted by Crippen LogP contribution is -2.52. The van der Waals surface area contributed by atoms with Gasteiger partial charge in [0, 0.05) is 13.1 Å². The largest absolute Gasteiger partial charge is 0.341 e. The molecule has 1 saturated heterocycles. The Kier molecular flexibility index (Phi) is 6.18. The normalized spacial score (nSPS) is 17.3. The number of benzene rings is 1. The second-order valence-electron chi connectivity index (χ2n) is 6.47. The second kappa shape index (κ2) is 7.93. The van der Waals surface area contributed by atoms with Gasteiger partial charge >= 0.3 is 0 Å². The van der Waals surface area contributed by atoms with Gasteiger partial charge in [0.05, 0.1) is 5.75 Å². The van der Waals surface area contributed by atoms with Gasteiger partial charge in [-0.2, -0.15) is 0 Å². The van der Waals surface area contributed by atoms with E-state index in [4.69, 9.17) is 0 Å². The molecule has 1 atom stereocenters. The molecule has 0 spiro atoms. The SMILES string of the molecule is CC(C)[C@H](NS(=O)(=O)Cc1ccccc1)C(=O)N1CCCCC1. The summed E-state index contributed by atoms with van der Waals surface area (Å²) in [7, 11) is -3.56. The minimum Gasteiger partial charge on any atom is -0.341 e. The molecule has 0 unspecified atom stereocenters. The Morgan fingerprint density at radius 3 is 2.30 bits per heavy atom. The number of amides is 1. The number of nitrogens with one attached hydrogen (secondary N) is 1. The van der Waals surface area contributed by atoms with Crippen LogP contribution < -0.4 is 4.72 Å². The fourth-order valence-corrected chi connectivity index (χ4v) is 4.29. The number of rotatable bonds is 6. The standard InChI is InChI=1S/C17H26N2O3S/c1-14(2)16(17(20)19-11-7-4-8-12-19)18-23(21,22)13-15-9-5-3-6-10-15/h3,5-6,9-10,14,16,18H,4,7-8,11-13H2,1-2H3/t16-/m0/s1. The molecule has 23 heavy (non-hydrogen) atoms. The fourth-order valence-electron chi connectivity index (χ4n) is 2.81. The second-order valence-corrected chi connectivity index (χ2v) is 8.22. The van der Waals surface area contributed by atoms with E-state index in [0.717, 1.165) is 32.4 Å². The maximum Gasteiger partial charge on any atom is 0.241 e. The Morgan fingerprint density at radius 2 is 1.74 bits per heavy atom. The van der Waals surface area contributed by atoms with E-state index in [2.05, 4.69) is 4.72 Å². The molecule has 1 aliphatic rings. The highest BCUT2D eigenvalue weighted by Crippen LogP contribution is 2.15. The van der Waals surface area contributed by atoms with Crippen LogP contribution in [0.1, 0.15) is 38.7 Å². The maximum absolute atomic E-state index is 12.7. The van der Waals surface area contributed by atoms with Crippen molar-refractivity contribution in [2.45, 2.75) is 44.9 Å². The molecule has 0 radical (unpaired) electrons. The highest BCUT2D eigenvalue weighted by molar-refractivity contribution is 7.88. The Hall–Kier alpha value is -1.40. The van der Waals surface area contributed by atoms with Gasteiger partial charge < -0.3 is 4.90 Å². The van der Waals surface area contributed by atoms with Crippen molar-refractivity contribution in [2.75, 3.05) is 13.1 Å². The van der Waals surface area contributed by atoms with Crippen LogP contribution in [0.4, 0.5) is 0 Å². The van der Waals surface area contributed by atoms with Crippen LogP contribution in [0.25, 0.3) is 0 Å².